The number of aldehydes is 1. The molecule has 1 amide bonds. The van der Waals surface area contributed by atoms with E-state index in [1.807, 2.05) is 30.3 Å². The summed E-state index contributed by atoms with van der Waals surface area (Å²) in [5.74, 6) is -0.0190. The van der Waals surface area contributed by atoms with Crippen LogP contribution in [-0.2, 0) is 16.0 Å². The Kier molecular flexibility index (Phi) is 8.36. The first-order valence-corrected chi connectivity index (χ1v) is 7.54. The number of nitrogens with one attached hydrogen (secondary N) is 1. The second-order valence-corrected chi connectivity index (χ2v) is 5.16. The molecule has 1 atom stereocenters. The van der Waals surface area contributed by atoms with Crippen LogP contribution in [0.1, 0.15) is 51.0 Å². The lowest BCUT2D eigenvalue weighted by molar-refractivity contribution is -0.124. The minimum atomic E-state index is -0.416. The molecule has 0 aliphatic heterocycles. The highest BCUT2D eigenvalue weighted by Crippen LogP contribution is 2.06. The maximum atomic E-state index is 11.8. The molecule has 1 N–H and O–H groups in total. The summed E-state index contributed by atoms with van der Waals surface area (Å²) in [7, 11) is 0. The van der Waals surface area contributed by atoms with Gasteiger partial charge < -0.3 is 10.1 Å². The van der Waals surface area contributed by atoms with E-state index in [1.165, 1.54) is 19.3 Å². The number of amides is 1. The Labute approximate surface area is 121 Å². The van der Waals surface area contributed by atoms with Gasteiger partial charge in [0.1, 0.15) is 6.29 Å². The normalized spacial score (nSPS) is 11.8. The third-order valence-electron chi connectivity index (χ3n) is 3.32. The molecule has 3 nitrogen and oxygen atoms in total. The fourth-order valence-electron chi connectivity index (χ4n) is 2.17. The van der Waals surface area contributed by atoms with Crippen molar-refractivity contribution in [1.29, 1.82) is 0 Å². The monoisotopic (exact) mass is 275 g/mol. The average molecular weight is 275 g/mol. The zero-order valence-electron chi connectivity index (χ0n) is 12.3. The molecule has 0 aliphatic carbocycles. The van der Waals surface area contributed by atoms with Gasteiger partial charge in [0, 0.05) is 6.42 Å². The smallest absolute Gasteiger partial charge is 0.220 e. The molecule has 0 spiro atoms. The quantitative estimate of drug-likeness (QED) is 0.526. The van der Waals surface area contributed by atoms with Crippen molar-refractivity contribution in [2.75, 3.05) is 0 Å². The minimum Gasteiger partial charge on any atom is -0.346 e. The highest BCUT2D eigenvalue weighted by molar-refractivity contribution is 5.79. The van der Waals surface area contributed by atoms with E-state index in [-0.39, 0.29) is 5.91 Å². The molecule has 20 heavy (non-hydrogen) atoms. The van der Waals surface area contributed by atoms with Crippen LogP contribution < -0.4 is 5.32 Å². The second kappa shape index (κ2) is 10.2. The van der Waals surface area contributed by atoms with Crippen LogP contribution in [0.15, 0.2) is 30.3 Å². The number of benzene rings is 1. The first-order valence-electron chi connectivity index (χ1n) is 7.54. The number of unbranched alkanes of at least 4 members (excludes halogenated alkanes) is 4. The predicted octanol–water partition coefficient (Wildman–Crippen LogP) is 3.27. The van der Waals surface area contributed by atoms with Gasteiger partial charge in [0.15, 0.2) is 0 Å². The number of hydrogen-bond donors (Lipinski definition) is 1. The molecule has 0 fully saturated rings. The van der Waals surface area contributed by atoms with Crippen LogP contribution in [0.4, 0.5) is 0 Å². The van der Waals surface area contributed by atoms with E-state index in [2.05, 4.69) is 12.2 Å². The average Bonchev–Trinajstić information content (AvgIpc) is 2.47. The first kappa shape index (κ1) is 16.4. The van der Waals surface area contributed by atoms with E-state index >= 15 is 0 Å². The van der Waals surface area contributed by atoms with Crippen molar-refractivity contribution in [3.8, 4) is 0 Å². The van der Waals surface area contributed by atoms with Crippen LogP contribution in [0.3, 0.4) is 0 Å². The summed E-state index contributed by atoms with van der Waals surface area (Å²) in [6, 6.07) is 9.33. The highest BCUT2D eigenvalue weighted by Gasteiger charge is 2.11. The summed E-state index contributed by atoms with van der Waals surface area (Å²) in [6.45, 7) is 2.17. The van der Waals surface area contributed by atoms with Gasteiger partial charge in [0.05, 0.1) is 6.04 Å². The van der Waals surface area contributed by atoms with Gasteiger partial charge in [-0.2, -0.15) is 0 Å². The fourth-order valence-corrected chi connectivity index (χ4v) is 2.17. The van der Waals surface area contributed by atoms with E-state index in [4.69, 9.17) is 0 Å². The van der Waals surface area contributed by atoms with Gasteiger partial charge in [0.25, 0.3) is 0 Å². The number of carbonyl (C=O) groups excluding carboxylic acids is 2. The molecular weight excluding hydrogens is 250 g/mol. The molecule has 1 unspecified atom stereocenters. The Bertz CT molecular complexity index is 389. The molecule has 0 heterocycles. The van der Waals surface area contributed by atoms with E-state index in [1.54, 1.807) is 0 Å². The molecule has 1 rings (SSSR count). The van der Waals surface area contributed by atoms with Gasteiger partial charge in [-0.3, -0.25) is 4.79 Å². The molecule has 0 radical (unpaired) electrons. The van der Waals surface area contributed by atoms with Gasteiger partial charge in [-0.25, -0.2) is 0 Å². The van der Waals surface area contributed by atoms with Crippen LogP contribution >= 0.6 is 0 Å². The number of rotatable bonds is 10. The van der Waals surface area contributed by atoms with E-state index in [0.29, 0.717) is 12.8 Å². The molecule has 3 heteroatoms. The zero-order valence-corrected chi connectivity index (χ0v) is 12.3. The molecule has 0 saturated carbocycles. The van der Waals surface area contributed by atoms with Crippen molar-refractivity contribution in [2.24, 2.45) is 0 Å². The molecule has 1 aromatic carbocycles. The Hall–Kier alpha value is -1.64. The fraction of sp³-hybridized carbons (Fsp3) is 0.529. The third-order valence-corrected chi connectivity index (χ3v) is 3.32. The highest BCUT2D eigenvalue weighted by atomic mass is 16.2. The maximum Gasteiger partial charge on any atom is 0.220 e. The van der Waals surface area contributed by atoms with Crippen molar-refractivity contribution in [1.82, 2.24) is 5.32 Å². The molecule has 1 aromatic rings. The lowest BCUT2D eigenvalue weighted by Crippen LogP contribution is -2.37. The Morgan fingerprint density at radius 1 is 1.15 bits per heavy atom. The van der Waals surface area contributed by atoms with Crippen molar-refractivity contribution in [2.45, 2.75) is 57.9 Å². The van der Waals surface area contributed by atoms with Crippen LogP contribution in [0.5, 0.6) is 0 Å². The van der Waals surface area contributed by atoms with Crippen LogP contribution in [0.2, 0.25) is 0 Å². The molecule has 0 aliphatic rings. The van der Waals surface area contributed by atoms with Crippen LogP contribution in [-0.4, -0.2) is 18.2 Å². The molecule has 0 saturated heterocycles. The van der Waals surface area contributed by atoms with Crippen molar-refractivity contribution in [3.63, 3.8) is 0 Å². The van der Waals surface area contributed by atoms with Gasteiger partial charge >= 0.3 is 0 Å². The second-order valence-electron chi connectivity index (χ2n) is 5.16. The largest absolute Gasteiger partial charge is 0.346 e. The van der Waals surface area contributed by atoms with Gasteiger partial charge in [0.2, 0.25) is 5.91 Å². The number of hydrogen-bond acceptors (Lipinski definition) is 2. The maximum absolute atomic E-state index is 11.8. The van der Waals surface area contributed by atoms with E-state index in [9.17, 15) is 9.59 Å². The summed E-state index contributed by atoms with van der Waals surface area (Å²) in [4.78, 5) is 22.8. The Morgan fingerprint density at radius 2 is 1.85 bits per heavy atom. The summed E-state index contributed by atoms with van der Waals surface area (Å²) in [5.41, 5.74) is 1.06. The number of carbonyl (C=O) groups is 2. The SMILES string of the molecule is CCCCCCCC(=O)NC(C=O)Cc1ccccc1. The van der Waals surface area contributed by atoms with Crippen LogP contribution in [0.25, 0.3) is 0 Å². The van der Waals surface area contributed by atoms with E-state index < -0.39 is 6.04 Å². The molecule has 0 bridgehead atoms. The topological polar surface area (TPSA) is 46.2 Å². The Balaban J connectivity index is 2.26. The predicted molar refractivity (Wildman–Crippen MR) is 81.5 cm³/mol. The first-order chi connectivity index (χ1) is 9.76. The van der Waals surface area contributed by atoms with Crippen molar-refractivity contribution < 1.29 is 9.59 Å². The van der Waals surface area contributed by atoms with Gasteiger partial charge in [-0.05, 0) is 18.4 Å². The molecule has 0 aromatic heterocycles. The summed E-state index contributed by atoms with van der Waals surface area (Å²) < 4.78 is 0. The van der Waals surface area contributed by atoms with Crippen LogP contribution in [0, 0.1) is 0 Å². The van der Waals surface area contributed by atoms with Crippen molar-refractivity contribution >= 4 is 12.2 Å². The summed E-state index contributed by atoms with van der Waals surface area (Å²) >= 11 is 0. The molecular formula is C17H25NO2. The standard InChI is InChI=1S/C17H25NO2/c1-2-3-4-5-9-12-17(20)18-16(14-19)13-15-10-7-6-8-11-15/h6-8,10-11,14,16H,2-5,9,12-13H2,1H3,(H,18,20). The zero-order chi connectivity index (χ0) is 14.6. The van der Waals surface area contributed by atoms with Crippen molar-refractivity contribution in [3.05, 3.63) is 35.9 Å². The minimum absolute atomic E-state index is 0.0190. The summed E-state index contributed by atoms with van der Waals surface area (Å²) in [5, 5.41) is 2.80. The van der Waals surface area contributed by atoms with Gasteiger partial charge in [-0.1, -0.05) is 62.9 Å². The van der Waals surface area contributed by atoms with E-state index in [0.717, 1.165) is 24.7 Å². The summed E-state index contributed by atoms with van der Waals surface area (Å²) in [6.07, 6.45) is 7.51. The Morgan fingerprint density at radius 3 is 2.50 bits per heavy atom. The lowest BCUT2D eigenvalue weighted by Gasteiger charge is -2.12. The molecule has 110 valence electrons. The lowest BCUT2D eigenvalue weighted by atomic mass is 10.1. The van der Waals surface area contributed by atoms with Gasteiger partial charge in [-0.15, -0.1) is 0 Å². The third kappa shape index (κ3) is 7.07.